The van der Waals surface area contributed by atoms with E-state index in [1.807, 2.05) is 13.8 Å². The Bertz CT molecular complexity index is 1020. The summed E-state index contributed by atoms with van der Waals surface area (Å²) < 4.78 is 0. The van der Waals surface area contributed by atoms with Gasteiger partial charge in [-0.2, -0.15) is 0 Å². The van der Waals surface area contributed by atoms with Gasteiger partial charge in [0.15, 0.2) is 5.78 Å². The van der Waals surface area contributed by atoms with Crippen molar-refractivity contribution in [1.82, 2.24) is 0 Å². The number of carbonyl (C=O) groups excluding carboxylic acids is 4. The molecule has 4 nitrogen and oxygen atoms in total. The molecule has 212 valence electrons. The quantitative estimate of drug-likeness (QED) is 0.230. The van der Waals surface area contributed by atoms with Crippen molar-refractivity contribution in [2.45, 2.75) is 132 Å². The van der Waals surface area contributed by atoms with E-state index in [4.69, 9.17) is 0 Å². The topological polar surface area (TPSA) is 68.3 Å². The van der Waals surface area contributed by atoms with Gasteiger partial charge in [-0.25, -0.2) is 0 Å². The van der Waals surface area contributed by atoms with Gasteiger partial charge in [-0.15, -0.1) is 0 Å². The first kappa shape index (κ1) is 32.1. The van der Waals surface area contributed by atoms with E-state index in [0.29, 0.717) is 19.3 Å². The largest absolute Gasteiger partial charge is 0.300 e. The Morgan fingerprint density at radius 3 is 2.26 bits per heavy atom. The molecule has 0 heterocycles. The fraction of sp³-hybridized carbons (Fsp3) is 0.706. The highest BCUT2D eigenvalue weighted by Gasteiger charge is 2.35. The summed E-state index contributed by atoms with van der Waals surface area (Å²) in [6.07, 6.45) is 6.64. The molecule has 1 aliphatic carbocycles. The van der Waals surface area contributed by atoms with Crippen molar-refractivity contribution in [1.29, 1.82) is 0 Å². The highest BCUT2D eigenvalue weighted by Crippen LogP contribution is 2.40. The molecule has 0 fully saturated rings. The van der Waals surface area contributed by atoms with E-state index >= 15 is 0 Å². The van der Waals surface area contributed by atoms with Crippen molar-refractivity contribution in [3.05, 3.63) is 33.9 Å². The molecular formula is C34H52O4. The predicted molar refractivity (Wildman–Crippen MR) is 156 cm³/mol. The average molecular weight is 525 g/mol. The summed E-state index contributed by atoms with van der Waals surface area (Å²) in [5, 5.41) is 0. The van der Waals surface area contributed by atoms with E-state index in [-0.39, 0.29) is 58.6 Å². The Morgan fingerprint density at radius 1 is 1.08 bits per heavy atom. The molecule has 2 rings (SSSR count). The molecule has 4 heteroatoms. The molecule has 0 bridgehead atoms. The van der Waals surface area contributed by atoms with Crippen LogP contribution in [-0.2, 0) is 27.2 Å². The zero-order valence-corrected chi connectivity index (χ0v) is 25.6. The lowest BCUT2D eigenvalue weighted by atomic mass is 9.70. The van der Waals surface area contributed by atoms with Crippen LogP contribution in [0.2, 0.25) is 0 Å². The molecule has 1 aliphatic rings. The molecule has 38 heavy (non-hydrogen) atoms. The molecule has 1 aromatic carbocycles. The summed E-state index contributed by atoms with van der Waals surface area (Å²) in [6, 6.07) is 2.19. The van der Waals surface area contributed by atoms with Gasteiger partial charge in [0.05, 0.1) is 6.42 Å². The number of carbonyl (C=O) groups is 4. The second-order valence-corrected chi connectivity index (χ2v) is 13.4. The monoisotopic (exact) mass is 524 g/mol. The van der Waals surface area contributed by atoms with Crippen molar-refractivity contribution in [3.63, 3.8) is 0 Å². The van der Waals surface area contributed by atoms with Crippen molar-refractivity contribution >= 4 is 23.1 Å². The molecule has 3 unspecified atom stereocenters. The number of hydrogen-bond donors (Lipinski definition) is 0. The molecule has 0 aliphatic heterocycles. The molecule has 0 aromatic heterocycles. The Morgan fingerprint density at radius 2 is 1.74 bits per heavy atom. The van der Waals surface area contributed by atoms with Crippen LogP contribution in [0.25, 0.3) is 0 Å². The second-order valence-electron chi connectivity index (χ2n) is 13.4. The van der Waals surface area contributed by atoms with Crippen molar-refractivity contribution in [2.75, 3.05) is 0 Å². The van der Waals surface area contributed by atoms with E-state index < -0.39 is 0 Å². The molecule has 0 spiro atoms. The lowest BCUT2D eigenvalue weighted by Gasteiger charge is -2.33. The number of benzene rings is 1. The van der Waals surface area contributed by atoms with Crippen LogP contribution in [0.5, 0.6) is 0 Å². The van der Waals surface area contributed by atoms with Crippen LogP contribution in [0.1, 0.15) is 145 Å². The van der Waals surface area contributed by atoms with Crippen LogP contribution >= 0.6 is 0 Å². The molecule has 3 atom stereocenters. The van der Waals surface area contributed by atoms with E-state index in [1.54, 1.807) is 0 Å². The number of rotatable bonds is 14. The lowest BCUT2D eigenvalue weighted by Crippen LogP contribution is -2.30. The van der Waals surface area contributed by atoms with Crippen LogP contribution in [0, 0.1) is 30.1 Å². The zero-order valence-electron chi connectivity index (χ0n) is 25.6. The first-order valence-electron chi connectivity index (χ1n) is 14.9. The minimum atomic E-state index is -0.122. The van der Waals surface area contributed by atoms with Crippen LogP contribution in [0.15, 0.2) is 6.07 Å². The van der Waals surface area contributed by atoms with E-state index in [0.717, 1.165) is 60.8 Å². The summed E-state index contributed by atoms with van der Waals surface area (Å²) in [5.74, 6) is 0.923. The minimum absolute atomic E-state index is 0.0130. The van der Waals surface area contributed by atoms with Gasteiger partial charge in [-0.3, -0.25) is 19.2 Å². The van der Waals surface area contributed by atoms with Crippen molar-refractivity contribution in [3.8, 4) is 0 Å². The van der Waals surface area contributed by atoms with Gasteiger partial charge in [0.2, 0.25) is 0 Å². The fourth-order valence-electron chi connectivity index (χ4n) is 6.40. The Kier molecular flexibility index (Phi) is 11.7. The molecule has 0 amide bonds. The number of hydrogen-bond acceptors (Lipinski definition) is 4. The predicted octanol–water partition coefficient (Wildman–Crippen LogP) is 8.18. The molecular weight excluding hydrogens is 472 g/mol. The summed E-state index contributed by atoms with van der Waals surface area (Å²) in [6.45, 7) is 18.5. The van der Waals surface area contributed by atoms with Gasteiger partial charge in [-0.05, 0) is 85.0 Å². The van der Waals surface area contributed by atoms with Crippen molar-refractivity contribution < 1.29 is 19.2 Å². The Labute approximate surface area is 231 Å². The molecule has 0 saturated heterocycles. The summed E-state index contributed by atoms with van der Waals surface area (Å²) >= 11 is 0. The smallest absolute Gasteiger partial charge is 0.163 e. The van der Waals surface area contributed by atoms with Crippen LogP contribution < -0.4 is 0 Å². The molecule has 1 aromatic rings. The highest BCUT2D eigenvalue weighted by atomic mass is 16.1. The third-order valence-corrected chi connectivity index (χ3v) is 8.39. The second kappa shape index (κ2) is 13.8. The van der Waals surface area contributed by atoms with Crippen LogP contribution in [0.4, 0.5) is 0 Å². The van der Waals surface area contributed by atoms with E-state index in [2.05, 4.69) is 47.6 Å². The third kappa shape index (κ3) is 8.71. The van der Waals surface area contributed by atoms with Crippen molar-refractivity contribution in [2.24, 2.45) is 23.2 Å². The van der Waals surface area contributed by atoms with E-state index in [1.165, 1.54) is 12.5 Å². The lowest BCUT2D eigenvalue weighted by molar-refractivity contribution is -0.130. The zero-order chi connectivity index (χ0) is 28.8. The van der Waals surface area contributed by atoms with Gasteiger partial charge in [0.1, 0.15) is 17.3 Å². The maximum absolute atomic E-state index is 13.6. The summed E-state index contributed by atoms with van der Waals surface area (Å²) in [4.78, 5) is 51.1. The Balaban J connectivity index is 2.35. The Hall–Kier alpha value is -2.10. The SMILES string of the molecule is CCCC(CC1CC(=O)c2c(C)c(CC(=O)CCC(C)(C)C)cc(C(C)C)c2C1)C(CC)C(=O)CC(C)=O. The summed E-state index contributed by atoms with van der Waals surface area (Å²) in [5.41, 5.74) is 5.29. The number of ketones is 4. The van der Waals surface area contributed by atoms with Gasteiger partial charge in [0, 0.05) is 30.7 Å². The van der Waals surface area contributed by atoms with Gasteiger partial charge in [0.25, 0.3) is 0 Å². The van der Waals surface area contributed by atoms with Gasteiger partial charge < -0.3 is 0 Å². The number of fused-ring (bicyclic) bond motifs is 1. The van der Waals surface area contributed by atoms with Gasteiger partial charge >= 0.3 is 0 Å². The van der Waals surface area contributed by atoms with Crippen LogP contribution in [-0.4, -0.2) is 23.1 Å². The maximum atomic E-state index is 13.6. The standard InChI is InChI=1S/C34H52O4/c1-10-12-25(28(11-2)31(37)15-22(5)35)16-24-17-30-29(21(3)4)20-26(23(6)33(30)32(38)18-24)19-27(36)13-14-34(7,8)9/h20-21,24-25,28H,10-19H2,1-9H3. The van der Waals surface area contributed by atoms with Crippen LogP contribution in [0.3, 0.4) is 0 Å². The first-order chi connectivity index (χ1) is 17.7. The molecule has 0 saturated carbocycles. The molecule has 0 radical (unpaired) electrons. The fourth-order valence-corrected chi connectivity index (χ4v) is 6.40. The first-order valence-corrected chi connectivity index (χ1v) is 14.9. The third-order valence-electron chi connectivity index (χ3n) is 8.39. The summed E-state index contributed by atoms with van der Waals surface area (Å²) in [7, 11) is 0. The number of Topliss-reactive ketones (excluding diaryl/α,β-unsaturated/α-hetero) is 4. The molecule has 0 N–H and O–H groups in total. The van der Waals surface area contributed by atoms with Gasteiger partial charge in [-0.1, -0.05) is 67.4 Å². The average Bonchev–Trinajstić information content (AvgIpc) is 2.78. The maximum Gasteiger partial charge on any atom is 0.163 e. The highest BCUT2D eigenvalue weighted by molar-refractivity contribution is 6.01. The van der Waals surface area contributed by atoms with E-state index in [9.17, 15) is 19.2 Å². The minimum Gasteiger partial charge on any atom is -0.300 e. The normalized spacial score (nSPS) is 17.3.